The molecule has 2 saturated heterocycles. The second-order valence-electron chi connectivity index (χ2n) is 11.9. The molecule has 1 aliphatic carbocycles. The molecule has 1 saturated carbocycles. The quantitative estimate of drug-likeness (QED) is 0.390. The van der Waals surface area contributed by atoms with Gasteiger partial charge in [0.2, 0.25) is 10.0 Å². The van der Waals surface area contributed by atoms with E-state index in [0.29, 0.717) is 49.0 Å². The van der Waals surface area contributed by atoms with Crippen molar-refractivity contribution in [3.05, 3.63) is 47.1 Å². The number of nitrogens with zero attached hydrogens (tertiary/aromatic N) is 5. The van der Waals surface area contributed by atoms with Gasteiger partial charge in [-0.1, -0.05) is 12.1 Å². The van der Waals surface area contributed by atoms with Gasteiger partial charge < -0.3 is 15.3 Å². The van der Waals surface area contributed by atoms with Crippen molar-refractivity contribution in [2.75, 3.05) is 62.3 Å². The zero-order valence-corrected chi connectivity index (χ0v) is 25.0. The summed E-state index contributed by atoms with van der Waals surface area (Å²) < 4.78 is 63.7. The topological polar surface area (TPSA) is 102 Å². The maximum absolute atomic E-state index is 12.9. The first-order valence-corrected chi connectivity index (χ1v) is 16.8. The van der Waals surface area contributed by atoms with E-state index in [9.17, 15) is 26.7 Å². The molecular formula is C28H35F3N6O3S2. The average Bonchev–Trinajstić information content (AvgIpc) is 3.52. The van der Waals surface area contributed by atoms with E-state index in [2.05, 4.69) is 25.1 Å². The first-order valence-electron chi connectivity index (χ1n) is 14.1. The molecule has 4 heterocycles. The predicted octanol–water partition coefficient (Wildman–Crippen LogP) is 3.88. The maximum atomic E-state index is 12.9. The molecule has 1 unspecified atom stereocenters. The minimum atomic E-state index is -4.25. The van der Waals surface area contributed by atoms with Gasteiger partial charge in [0, 0.05) is 62.4 Å². The van der Waals surface area contributed by atoms with E-state index in [4.69, 9.17) is 0 Å². The number of alkyl halides is 3. The number of fused-ring (bicyclic) bond motifs is 1. The normalized spacial score (nSPS) is 24.8. The molecule has 0 radical (unpaired) electrons. The van der Waals surface area contributed by atoms with Gasteiger partial charge in [0.15, 0.2) is 0 Å². The molecule has 9 nitrogen and oxygen atoms in total. The minimum Gasteiger partial charge on any atom is -0.387 e. The standard InChI is InChI=1S/C28H35F3N6O3S2/c1-42(39,40)37-10-8-35(9-11-37)16-24(38)19-2-4-20(5-3-19)34-21-13-27(14-21)6-7-36(17-27)25-23-12-22(15-28(29,30)31)41-26(23)33-18-32-25/h2-5,12,18,21,24,34,38H,6-11,13-17H2,1H3. The van der Waals surface area contributed by atoms with E-state index in [1.165, 1.54) is 16.9 Å². The summed E-state index contributed by atoms with van der Waals surface area (Å²) in [7, 11) is -3.18. The van der Waals surface area contributed by atoms with Crippen LogP contribution in [0.1, 0.15) is 35.8 Å². The third-order valence-corrected chi connectivity index (χ3v) is 11.1. The van der Waals surface area contributed by atoms with Crippen LogP contribution in [-0.2, 0) is 16.4 Å². The number of anilines is 2. The minimum absolute atomic E-state index is 0.164. The van der Waals surface area contributed by atoms with Crippen molar-refractivity contribution in [2.24, 2.45) is 5.41 Å². The number of piperazine rings is 1. The number of aromatic nitrogens is 2. The maximum Gasteiger partial charge on any atom is 0.393 e. The van der Waals surface area contributed by atoms with Gasteiger partial charge in [-0.3, -0.25) is 4.90 Å². The van der Waals surface area contributed by atoms with Gasteiger partial charge in [-0.05, 0) is 48.4 Å². The van der Waals surface area contributed by atoms with Gasteiger partial charge >= 0.3 is 6.18 Å². The molecule has 1 spiro atoms. The Balaban J connectivity index is 0.996. The molecule has 2 aromatic heterocycles. The molecule has 6 rings (SSSR count). The second-order valence-corrected chi connectivity index (χ2v) is 15.0. The van der Waals surface area contributed by atoms with Gasteiger partial charge in [0.05, 0.1) is 24.2 Å². The number of hydrogen-bond donors (Lipinski definition) is 2. The van der Waals surface area contributed by atoms with Crippen molar-refractivity contribution in [1.82, 2.24) is 19.2 Å². The van der Waals surface area contributed by atoms with Crippen LogP contribution in [0.4, 0.5) is 24.7 Å². The molecular weight excluding hydrogens is 589 g/mol. The molecule has 42 heavy (non-hydrogen) atoms. The van der Waals surface area contributed by atoms with E-state index in [-0.39, 0.29) is 10.3 Å². The SMILES string of the molecule is CS(=O)(=O)N1CCN(CC(O)c2ccc(NC3CC4(CCN(c5ncnc6sc(CC(F)(F)F)cc56)C4)C3)cc2)CC1. The lowest BCUT2D eigenvalue weighted by Crippen LogP contribution is -2.49. The molecule has 228 valence electrons. The van der Waals surface area contributed by atoms with Gasteiger partial charge in [-0.25, -0.2) is 18.4 Å². The number of sulfonamides is 1. The van der Waals surface area contributed by atoms with Gasteiger partial charge in [0.1, 0.15) is 17.0 Å². The predicted molar refractivity (Wildman–Crippen MR) is 157 cm³/mol. The lowest BCUT2D eigenvalue weighted by molar-refractivity contribution is -0.126. The molecule has 1 aromatic carbocycles. The summed E-state index contributed by atoms with van der Waals surface area (Å²) in [5.41, 5.74) is 1.98. The van der Waals surface area contributed by atoms with Gasteiger partial charge in [-0.15, -0.1) is 11.3 Å². The molecule has 0 amide bonds. The van der Waals surface area contributed by atoms with Crippen LogP contribution < -0.4 is 10.2 Å². The third-order valence-electron chi connectivity index (χ3n) is 8.73. The summed E-state index contributed by atoms with van der Waals surface area (Å²) in [6.07, 6.45) is -0.158. The summed E-state index contributed by atoms with van der Waals surface area (Å²) in [6.45, 7) is 4.17. The highest BCUT2D eigenvalue weighted by atomic mass is 32.2. The monoisotopic (exact) mass is 624 g/mol. The molecule has 2 N–H and O–H groups in total. The summed E-state index contributed by atoms with van der Waals surface area (Å²) in [5.74, 6) is 0.726. The summed E-state index contributed by atoms with van der Waals surface area (Å²) in [5, 5.41) is 15.0. The second kappa shape index (κ2) is 11.2. The summed E-state index contributed by atoms with van der Waals surface area (Å²) >= 11 is 1.08. The van der Waals surface area contributed by atoms with Gasteiger partial charge in [0.25, 0.3) is 0 Å². The number of benzene rings is 1. The highest BCUT2D eigenvalue weighted by Gasteiger charge is 2.49. The van der Waals surface area contributed by atoms with Crippen LogP contribution in [0, 0.1) is 5.41 Å². The Morgan fingerprint density at radius 2 is 1.83 bits per heavy atom. The summed E-state index contributed by atoms with van der Waals surface area (Å²) in [4.78, 5) is 13.8. The Bertz CT molecular complexity index is 1520. The Morgan fingerprint density at radius 3 is 2.50 bits per heavy atom. The molecule has 1 atom stereocenters. The molecule has 3 aromatic rings. The molecule has 0 bridgehead atoms. The van der Waals surface area contributed by atoms with Crippen LogP contribution in [0.25, 0.3) is 10.2 Å². The Labute approximate surface area is 247 Å². The van der Waals surface area contributed by atoms with Gasteiger partial charge in [-0.2, -0.15) is 17.5 Å². The fourth-order valence-electron chi connectivity index (χ4n) is 6.60. The fraction of sp³-hybridized carbons (Fsp3) is 0.571. The van der Waals surface area contributed by atoms with Crippen molar-refractivity contribution in [1.29, 1.82) is 0 Å². The highest BCUT2D eigenvalue weighted by Crippen LogP contribution is 2.50. The average molecular weight is 625 g/mol. The van der Waals surface area contributed by atoms with Crippen molar-refractivity contribution in [2.45, 2.75) is 44.0 Å². The van der Waals surface area contributed by atoms with Crippen molar-refractivity contribution < 1.29 is 26.7 Å². The van der Waals surface area contributed by atoms with Crippen molar-refractivity contribution >= 4 is 43.1 Å². The van der Waals surface area contributed by atoms with Crippen LogP contribution in [0.2, 0.25) is 0 Å². The molecule has 3 aliphatic rings. The lowest BCUT2D eigenvalue weighted by atomic mass is 9.65. The lowest BCUT2D eigenvalue weighted by Gasteiger charge is -2.46. The molecule has 14 heteroatoms. The van der Waals surface area contributed by atoms with Crippen molar-refractivity contribution in [3.8, 4) is 0 Å². The van der Waals surface area contributed by atoms with E-state index in [1.54, 1.807) is 6.07 Å². The first-order chi connectivity index (χ1) is 19.9. The molecule has 2 aliphatic heterocycles. The smallest absolute Gasteiger partial charge is 0.387 e. The van der Waals surface area contributed by atoms with E-state index < -0.39 is 28.7 Å². The largest absolute Gasteiger partial charge is 0.393 e. The number of thiophene rings is 1. The van der Waals surface area contributed by atoms with E-state index in [1.807, 2.05) is 24.3 Å². The van der Waals surface area contributed by atoms with Crippen LogP contribution >= 0.6 is 11.3 Å². The number of aliphatic hydroxyl groups excluding tert-OH is 1. The third kappa shape index (κ3) is 6.52. The number of rotatable bonds is 8. The number of halogens is 3. The van der Waals surface area contributed by atoms with Crippen LogP contribution in [0.5, 0.6) is 0 Å². The first kappa shape index (κ1) is 29.5. The Morgan fingerprint density at radius 1 is 1.12 bits per heavy atom. The number of β-amino-alcohol motifs (C(OH)–C–C–N with tert-alkyl or cyclic N) is 1. The van der Waals surface area contributed by atoms with E-state index in [0.717, 1.165) is 60.8 Å². The van der Waals surface area contributed by atoms with E-state index >= 15 is 0 Å². The fourth-order valence-corrected chi connectivity index (χ4v) is 8.44. The zero-order chi connectivity index (χ0) is 29.7. The number of aliphatic hydroxyl groups is 1. The number of hydrogen-bond acceptors (Lipinski definition) is 9. The Kier molecular flexibility index (Phi) is 7.88. The van der Waals surface area contributed by atoms with Crippen molar-refractivity contribution in [3.63, 3.8) is 0 Å². The van der Waals surface area contributed by atoms with Crippen LogP contribution in [0.3, 0.4) is 0 Å². The zero-order valence-electron chi connectivity index (χ0n) is 23.3. The molecule has 3 fully saturated rings. The van der Waals surface area contributed by atoms with Crippen LogP contribution in [-0.4, -0.2) is 97.0 Å². The van der Waals surface area contributed by atoms with Crippen LogP contribution in [0.15, 0.2) is 36.7 Å². The highest BCUT2D eigenvalue weighted by molar-refractivity contribution is 7.88. The number of nitrogens with one attached hydrogen (secondary N) is 1. The summed E-state index contributed by atoms with van der Waals surface area (Å²) in [6, 6.07) is 9.76. The Hall–Kier alpha value is -2.52.